The lowest BCUT2D eigenvalue weighted by molar-refractivity contribution is -0.121. The number of benzene rings is 2. The van der Waals surface area contributed by atoms with E-state index in [0.29, 0.717) is 21.4 Å². The summed E-state index contributed by atoms with van der Waals surface area (Å²) in [6.07, 6.45) is 0.0789. The van der Waals surface area contributed by atoms with Crippen molar-refractivity contribution in [3.63, 3.8) is 0 Å². The third-order valence-electron chi connectivity index (χ3n) is 3.72. The van der Waals surface area contributed by atoms with E-state index in [4.69, 9.17) is 23.2 Å². The van der Waals surface area contributed by atoms with Gasteiger partial charge in [-0.3, -0.25) is 9.59 Å². The minimum atomic E-state index is -0.653. The van der Waals surface area contributed by atoms with E-state index in [1.807, 2.05) is 19.1 Å². The average molecular weight is 349 g/mol. The number of carbonyl (C=O) groups excluding carboxylic acids is 2. The van der Waals surface area contributed by atoms with Gasteiger partial charge in [-0.05, 0) is 31.2 Å². The molecule has 2 aromatic rings. The first kappa shape index (κ1) is 15.8. The highest BCUT2D eigenvalue weighted by molar-refractivity contribution is 6.43. The van der Waals surface area contributed by atoms with Crippen LogP contribution in [0.3, 0.4) is 0 Å². The van der Waals surface area contributed by atoms with Crippen LogP contribution in [0, 0.1) is 6.92 Å². The molecule has 1 saturated heterocycles. The Labute approximate surface area is 144 Å². The van der Waals surface area contributed by atoms with Gasteiger partial charge in [0, 0.05) is 0 Å². The third-order valence-corrected chi connectivity index (χ3v) is 4.54. The van der Waals surface area contributed by atoms with Crippen LogP contribution >= 0.6 is 23.2 Å². The zero-order valence-electron chi connectivity index (χ0n) is 12.3. The van der Waals surface area contributed by atoms with Crippen molar-refractivity contribution >= 4 is 46.4 Å². The molecule has 1 unspecified atom stereocenters. The summed E-state index contributed by atoms with van der Waals surface area (Å²) in [5.41, 5.74) is 2.18. The summed E-state index contributed by atoms with van der Waals surface area (Å²) < 4.78 is 0. The van der Waals surface area contributed by atoms with Crippen molar-refractivity contribution in [3.8, 4) is 0 Å². The quantitative estimate of drug-likeness (QED) is 0.851. The van der Waals surface area contributed by atoms with Gasteiger partial charge in [-0.1, -0.05) is 47.0 Å². The molecular formula is C17H14Cl2N2O2. The van der Waals surface area contributed by atoms with Crippen LogP contribution in [0.5, 0.6) is 0 Å². The fraction of sp³-hybridized carbons (Fsp3) is 0.176. The van der Waals surface area contributed by atoms with Crippen LogP contribution in [-0.4, -0.2) is 17.9 Å². The molecule has 1 aliphatic heterocycles. The van der Waals surface area contributed by atoms with Gasteiger partial charge in [0.2, 0.25) is 5.91 Å². The smallest absolute Gasteiger partial charge is 0.256 e. The van der Waals surface area contributed by atoms with Gasteiger partial charge in [0.25, 0.3) is 5.91 Å². The number of amides is 2. The van der Waals surface area contributed by atoms with E-state index in [1.54, 1.807) is 30.3 Å². The Morgan fingerprint density at radius 2 is 1.78 bits per heavy atom. The number of nitrogens with zero attached hydrogens (tertiary/aromatic N) is 1. The molecule has 0 radical (unpaired) electrons. The minimum absolute atomic E-state index is 0.0789. The third kappa shape index (κ3) is 3.05. The second kappa shape index (κ2) is 6.22. The van der Waals surface area contributed by atoms with Gasteiger partial charge in [0.15, 0.2) is 0 Å². The monoisotopic (exact) mass is 348 g/mol. The van der Waals surface area contributed by atoms with Crippen molar-refractivity contribution in [2.24, 2.45) is 0 Å². The molecule has 0 spiro atoms. The molecule has 2 amide bonds. The van der Waals surface area contributed by atoms with Gasteiger partial charge in [-0.25, -0.2) is 4.90 Å². The first-order valence-corrected chi connectivity index (χ1v) is 7.87. The maximum absolute atomic E-state index is 12.6. The summed E-state index contributed by atoms with van der Waals surface area (Å²) in [5, 5.41) is 3.74. The molecular weight excluding hydrogens is 335 g/mol. The second-order valence-corrected chi connectivity index (χ2v) is 6.19. The lowest BCUT2D eigenvalue weighted by Crippen LogP contribution is -2.34. The predicted molar refractivity (Wildman–Crippen MR) is 92.2 cm³/mol. The zero-order valence-corrected chi connectivity index (χ0v) is 13.9. The second-order valence-electron chi connectivity index (χ2n) is 5.41. The molecule has 1 atom stereocenters. The molecule has 1 fully saturated rings. The van der Waals surface area contributed by atoms with E-state index >= 15 is 0 Å². The number of hydrogen-bond acceptors (Lipinski definition) is 3. The maximum atomic E-state index is 12.6. The molecule has 118 valence electrons. The number of carbonyl (C=O) groups is 2. The van der Waals surface area contributed by atoms with Crippen LogP contribution < -0.4 is 10.2 Å². The molecule has 0 aromatic heterocycles. The van der Waals surface area contributed by atoms with Crippen molar-refractivity contribution < 1.29 is 9.59 Å². The Morgan fingerprint density at radius 1 is 1.09 bits per heavy atom. The van der Waals surface area contributed by atoms with Gasteiger partial charge < -0.3 is 5.32 Å². The summed E-state index contributed by atoms with van der Waals surface area (Å²) >= 11 is 12.1. The number of aryl methyl sites for hydroxylation is 1. The highest BCUT2D eigenvalue weighted by atomic mass is 35.5. The van der Waals surface area contributed by atoms with Crippen molar-refractivity contribution in [1.29, 1.82) is 0 Å². The highest BCUT2D eigenvalue weighted by Gasteiger charge is 2.39. The molecule has 1 aliphatic rings. The number of nitrogens with one attached hydrogen (secondary N) is 1. The van der Waals surface area contributed by atoms with E-state index in [-0.39, 0.29) is 18.2 Å². The highest BCUT2D eigenvalue weighted by Crippen LogP contribution is 2.32. The van der Waals surface area contributed by atoms with Gasteiger partial charge >= 0.3 is 0 Å². The summed E-state index contributed by atoms with van der Waals surface area (Å²) in [5.74, 6) is -0.538. The molecule has 1 heterocycles. The summed E-state index contributed by atoms with van der Waals surface area (Å²) in [7, 11) is 0. The van der Waals surface area contributed by atoms with Gasteiger partial charge in [-0.2, -0.15) is 0 Å². The Bertz CT molecular complexity index is 775. The van der Waals surface area contributed by atoms with Gasteiger partial charge in [-0.15, -0.1) is 0 Å². The Kier molecular flexibility index (Phi) is 4.28. The normalized spacial score (nSPS) is 17.7. The van der Waals surface area contributed by atoms with Crippen LogP contribution in [0.4, 0.5) is 11.4 Å². The number of anilines is 2. The Morgan fingerprint density at radius 3 is 2.48 bits per heavy atom. The number of rotatable bonds is 3. The lowest BCUT2D eigenvalue weighted by atomic mass is 10.2. The maximum Gasteiger partial charge on any atom is 0.256 e. The fourth-order valence-corrected chi connectivity index (χ4v) is 2.87. The van der Waals surface area contributed by atoms with Crippen LogP contribution in [0.1, 0.15) is 12.0 Å². The SMILES string of the molecule is Cc1ccc(N2C(=O)CC(Nc3cccc(Cl)c3Cl)C2=O)cc1. The van der Waals surface area contributed by atoms with Crippen molar-refractivity contribution in [2.45, 2.75) is 19.4 Å². The van der Waals surface area contributed by atoms with E-state index in [9.17, 15) is 9.59 Å². The Hall–Kier alpha value is -2.04. The molecule has 0 saturated carbocycles. The van der Waals surface area contributed by atoms with Crippen molar-refractivity contribution in [1.82, 2.24) is 0 Å². The molecule has 0 bridgehead atoms. The average Bonchev–Trinajstić information content (AvgIpc) is 2.79. The Balaban J connectivity index is 1.84. The largest absolute Gasteiger partial charge is 0.372 e. The molecule has 0 aliphatic carbocycles. The lowest BCUT2D eigenvalue weighted by Gasteiger charge is -2.17. The molecule has 4 nitrogen and oxygen atoms in total. The van der Waals surface area contributed by atoms with E-state index in [1.165, 1.54) is 4.90 Å². The van der Waals surface area contributed by atoms with Crippen LogP contribution in [-0.2, 0) is 9.59 Å². The zero-order chi connectivity index (χ0) is 16.6. The number of hydrogen-bond donors (Lipinski definition) is 1. The van der Waals surface area contributed by atoms with E-state index in [0.717, 1.165) is 5.56 Å². The summed E-state index contributed by atoms with van der Waals surface area (Å²) in [4.78, 5) is 26.0. The first-order valence-electron chi connectivity index (χ1n) is 7.11. The van der Waals surface area contributed by atoms with Crippen LogP contribution in [0.15, 0.2) is 42.5 Å². The van der Waals surface area contributed by atoms with Crippen LogP contribution in [0.25, 0.3) is 0 Å². The standard InChI is InChI=1S/C17H14Cl2N2O2/c1-10-5-7-11(8-6-10)21-15(22)9-14(17(21)23)20-13-4-2-3-12(18)16(13)19/h2-8,14,20H,9H2,1H3. The molecule has 23 heavy (non-hydrogen) atoms. The number of halogens is 2. The van der Waals surface area contributed by atoms with E-state index in [2.05, 4.69) is 5.32 Å². The summed E-state index contributed by atoms with van der Waals surface area (Å²) in [6, 6.07) is 11.7. The molecule has 6 heteroatoms. The van der Waals surface area contributed by atoms with Crippen molar-refractivity contribution in [2.75, 3.05) is 10.2 Å². The predicted octanol–water partition coefficient (Wildman–Crippen LogP) is 4.05. The molecule has 3 rings (SSSR count). The van der Waals surface area contributed by atoms with Gasteiger partial charge in [0.1, 0.15) is 6.04 Å². The topological polar surface area (TPSA) is 49.4 Å². The molecule has 1 N–H and O–H groups in total. The van der Waals surface area contributed by atoms with E-state index < -0.39 is 6.04 Å². The summed E-state index contributed by atoms with van der Waals surface area (Å²) in [6.45, 7) is 1.95. The fourth-order valence-electron chi connectivity index (χ4n) is 2.51. The minimum Gasteiger partial charge on any atom is -0.372 e. The first-order chi connectivity index (χ1) is 11.0. The van der Waals surface area contributed by atoms with Crippen LogP contribution in [0.2, 0.25) is 10.0 Å². The van der Waals surface area contributed by atoms with Crippen molar-refractivity contribution in [3.05, 3.63) is 58.1 Å². The molecule has 2 aromatic carbocycles. The number of imide groups is 1. The van der Waals surface area contributed by atoms with Gasteiger partial charge in [0.05, 0.1) is 27.8 Å².